The topological polar surface area (TPSA) is 43.4 Å². The maximum absolute atomic E-state index is 12.6. The quantitative estimate of drug-likeness (QED) is 0.308. The van der Waals surface area contributed by atoms with Gasteiger partial charge in [0.2, 0.25) is 0 Å². The van der Waals surface area contributed by atoms with Gasteiger partial charge in [0.25, 0.3) is 10.1 Å². The Balaban J connectivity index is 2.65. The molecule has 0 unspecified atom stereocenters. The Morgan fingerprint density at radius 2 is 1.74 bits per heavy atom. The van der Waals surface area contributed by atoms with E-state index in [4.69, 9.17) is 4.18 Å². The molecule has 0 aliphatic carbocycles. The van der Waals surface area contributed by atoms with E-state index in [0.717, 1.165) is 17.5 Å². The second-order valence-electron chi connectivity index (χ2n) is 9.21. The second-order valence-corrected chi connectivity index (χ2v) is 11.5. The molecule has 0 radical (unpaired) electrons. The third-order valence-corrected chi connectivity index (χ3v) is 6.43. The van der Waals surface area contributed by atoms with E-state index in [1.165, 1.54) is 25.7 Å². The van der Waals surface area contributed by atoms with E-state index in [0.29, 0.717) is 6.42 Å². The highest BCUT2D eigenvalue weighted by Gasteiger charge is 2.38. The van der Waals surface area contributed by atoms with Crippen molar-refractivity contribution in [2.45, 2.75) is 91.4 Å². The standard InChI is InChI=1S/C23H38O3S/c1-7-8-9-10-11-12-14-20-15-13-16-21(17-20)18-26-27(24,25)23(5,6)19-22(2,3)4/h12-17H,7-11,18-19H2,1-6H3. The minimum absolute atomic E-state index is 0.0775. The molecule has 154 valence electrons. The zero-order valence-electron chi connectivity index (χ0n) is 18.0. The molecule has 3 nitrogen and oxygen atoms in total. The normalized spacial score (nSPS) is 13.4. The number of allylic oxidation sites excluding steroid dienone is 1. The number of benzene rings is 1. The molecule has 0 saturated carbocycles. The van der Waals surface area contributed by atoms with E-state index in [9.17, 15) is 8.42 Å². The van der Waals surface area contributed by atoms with Crippen LogP contribution in [0, 0.1) is 5.41 Å². The first-order chi connectivity index (χ1) is 12.5. The van der Waals surface area contributed by atoms with E-state index < -0.39 is 14.9 Å². The number of hydrogen-bond donors (Lipinski definition) is 0. The molecule has 1 aromatic rings. The molecule has 0 heterocycles. The Bertz CT molecular complexity index is 695. The van der Waals surface area contributed by atoms with Crippen LogP contribution in [-0.4, -0.2) is 13.2 Å². The molecule has 27 heavy (non-hydrogen) atoms. The lowest BCUT2D eigenvalue weighted by Gasteiger charge is -2.31. The highest BCUT2D eigenvalue weighted by Crippen LogP contribution is 2.33. The summed E-state index contributed by atoms with van der Waals surface area (Å²) in [5.41, 5.74) is 1.87. The second kappa shape index (κ2) is 10.4. The SMILES string of the molecule is CCCCCCC=Cc1cccc(COS(=O)(=O)C(C)(C)CC(C)(C)C)c1. The van der Waals surface area contributed by atoms with Crippen LogP contribution < -0.4 is 0 Å². The van der Waals surface area contributed by atoms with Crippen LogP contribution >= 0.6 is 0 Å². The van der Waals surface area contributed by atoms with Gasteiger partial charge in [-0.2, -0.15) is 8.42 Å². The molecular formula is C23H38O3S. The maximum atomic E-state index is 12.6. The van der Waals surface area contributed by atoms with Gasteiger partial charge in [-0.3, -0.25) is 4.18 Å². The summed E-state index contributed by atoms with van der Waals surface area (Å²) in [4.78, 5) is 0. The van der Waals surface area contributed by atoms with Crippen LogP contribution in [0.25, 0.3) is 6.08 Å². The predicted molar refractivity (Wildman–Crippen MR) is 116 cm³/mol. The van der Waals surface area contributed by atoms with Gasteiger partial charge in [0.15, 0.2) is 0 Å². The van der Waals surface area contributed by atoms with Crippen LogP contribution in [0.4, 0.5) is 0 Å². The Morgan fingerprint density at radius 3 is 2.37 bits per heavy atom. The van der Waals surface area contributed by atoms with Crippen LogP contribution in [0.3, 0.4) is 0 Å². The fraction of sp³-hybridized carbons (Fsp3) is 0.652. The smallest absolute Gasteiger partial charge is 0.265 e. The summed E-state index contributed by atoms with van der Waals surface area (Å²) in [6.45, 7) is 11.9. The van der Waals surface area contributed by atoms with Crippen molar-refractivity contribution in [2.24, 2.45) is 5.41 Å². The lowest BCUT2D eigenvalue weighted by atomic mass is 9.86. The van der Waals surface area contributed by atoms with Crippen molar-refractivity contribution in [3.8, 4) is 0 Å². The van der Waals surface area contributed by atoms with Crippen LogP contribution in [0.5, 0.6) is 0 Å². The fourth-order valence-corrected chi connectivity index (χ4v) is 4.59. The lowest BCUT2D eigenvalue weighted by molar-refractivity contribution is 0.264. The van der Waals surface area contributed by atoms with Crippen molar-refractivity contribution in [2.75, 3.05) is 0 Å². The largest absolute Gasteiger partial charge is 0.272 e. The minimum Gasteiger partial charge on any atom is -0.265 e. The summed E-state index contributed by atoms with van der Waals surface area (Å²) in [5, 5.41) is 0. The molecule has 0 N–H and O–H groups in total. The summed E-state index contributed by atoms with van der Waals surface area (Å²) >= 11 is 0. The highest BCUT2D eigenvalue weighted by atomic mass is 32.2. The van der Waals surface area contributed by atoms with E-state index in [1.807, 2.05) is 45.0 Å². The molecule has 0 amide bonds. The average Bonchev–Trinajstić information content (AvgIpc) is 2.54. The summed E-state index contributed by atoms with van der Waals surface area (Å²) in [6.07, 6.45) is 11.0. The minimum atomic E-state index is -3.65. The molecule has 1 rings (SSSR count). The molecule has 0 saturated heterocycles. The zero-order valence-corrected chi connectivity index (χ0v) is 18.9. The molecule has 0 fully saturated rings. The van der Waals surface area contributed by atoms with Crippen molar-refractivity contribution in [3.63, 3.8) is 0 Å². The van der Waals surface area contributed by atoms with Gasteiger partial charge >= 0.3 is 0 Å². The van der Waals surface area contributed by atoms with Gasteiger partial charge in [0.1, 0.15) is 0 Å². The maximum Gasteiger partial charge on any atom is 0.272 e. The molecule has 0 atom stereocenters. The lowest BCUT2D eigenvalue weighted by Crippen LogP contribution is -2.37. The van der Waals surface area contributed by atoms with Crippen LogP contribution in [-0.2, 0) is 20.9 Å². The monoisotopic (exact) mass is 394 g/mol. The zero-order chi connectivity index (χ0) is 20.6. The first-order valence-corrected chi connectivity index (χ1v) is 11.5. The van der Waals surface area contributed by atoms with E-state index in [1.54, 1.807) is 13.8 Å². The van der Waals surface area contributed by atoms with Crippen molar-refractivity contribution < 1.29 is 12.6 Å². The average molecular weight is 395 g/mol. The Morgan fingerprint density at radius 1 is 1.04 bits per heavy atom. The molecule has 0 aromatic heterocycles. The number of unbranched alkanes of at least 4 members (excludes halogenated alkanes) is 4. The van der Waals surface area contributed by atoms with Gasteiger partial charge in [0.05, 0.1) is 11.4 Å². The van der Waals surface area contributed by atoms with E-state index in [2.05, 4.69) is 19.1 Å². The molecule has 0 aliphatic heterocycles. The summed E-state index contributed by atoms with van der Waals surface area (Å²) in [5.74, 6) is 0. The Kier molecular flexibility index (Phi) is 9.23. The van der Waals surface area contributed by atoms with Crippen molar-refractivity contribution in [1.29, 1.82) is 0 Å². The summed E-state index contributed by atoms with van der Waals surface area (Å²) in [6, 6.07) is 7.88. The molecule has 1 aromatic carbocycles. The molecule has 0 bridgehead atoms. The third-order valence-electron chi connectivity index (χ3n) is 4.50. The van der Waals surface area contributed by atoms with Gasteiger partial charge in [-0.1, -0.05) is 77.3 Å². The van der Waals surface area contributed by atoms with Crippen LogP contribution in [0.2, 0.25) is 0 Å². The Labute approximate surface area is 167 Å². The van der Waals surface area contributed by atoms with Crippen molar-refractivity contribution in [3.05, 3.63) is 41.5 Å². The third kappa shape index (κ3) is 9.07. The van der Waals surface area contributed by atoms with E-state index >= 15 is 0 Å². The number of rotatable bonds is 11. The van der Waals surface area contributed by atoms with Gasteiger partial charge in [-0.05, 0) is 55.7 Å². The van der Waals surface area contributed by atoms with E-state index in [-0.39, 0.29) is 12.0 Å². The highest BCUT2D eigenvalue weighted by molar-refractivity contribution is 7.88. The Hall–Kier alpha value is -1.13. The van der Waals surface area contributed by atoms with Gasteiger partial charge < -0.3 is 0 Å². The van der Waals surface area contributed by atoms with Gasteiger partial charge in [-0.25, -0.2) is 0 Å². The van der Waals surface area contributed by atoms with Crippen molar-refractivity contribution in [1.82, 2.24) is 0 Å². The van der Waals surface area contributed by atoms with Gasteiger partial charge in [0, 0.05) is 0 Å². The first-order valence-electron chi connectivity index (χ1n) is 10.1. The molecule has 0 aliphatic rings. The summed E-state index contributed by atoms with van der Waals surface area (Å²) in [7, 11) is -3.65. The molecule has 4 heteroatoms. The molecule has 0 spiro atoms. The first kappa shape index (κ1) is 23.9. The fourth-order valence-electron chi connectivity index (χ4n) is 3.37. The van der Waals surface area contributed by atoms with Gasteiger partial charge in [-0.15, -0.1) is 0 Å². The van der Waals surface area contributed by atoms with Crippen LogP contribution in [0.1, 0.15) is 91.2 Å². The van der Waals surface area contributed by atoms with Crippen LogP contribution in [0.15, 0.2) is 30.3 Å². The van der Waals surface area contributed by atoms with Crippen molar-refractivity contribution >= 4 is 16.2 Å². The molecular weight excluding hydrogens is 356 g/mol. The number of hydrogen-bond acceptors (Lipinski definition) is 3. The summed E-state index contributed by atoms with van der Waals surface area (Å²) < 4.78 is 29.8. The predicted octanol–water partition coefficient (Wildman–Crippen LogP) is 6.73.